The molecule has 0 atom stereocenters. The van der Waals surface area contributed by atoms with Crippen LogP contribution in [-0.2, 0) is 0 Å². The predicted molar refractivity (Wildman–Crippen MR) is 113 cm³/mol. The van der Waals surface area contributed by atoms with Crippen LogP contribution in [0.25, 0.3) is 0 Å². The summed E-state index contributed by atoms with van der Waals surface area (Å²) < 4.78 is 0.551. The van der Waals surface area contributed by atoms with E-state index in [9.17, 15) is 14.9 Å². The first-order valence-electron chi connectivity index (χ1n) is 8.38. The highest BCUT2D eigenvalue weighted by Gasteiger charge is 2.18. The lowest BCUT2D eigenvalue weighted by Crippen LogP contribution is -2.29. The van der Waals surface area contributed by atoms with E-state index in [4.69, 9.17) is 0 Å². The molecule has 0 aliphatic rings. The third kappa shape index (κ3) is 4.71. The third-order valence-electron chi connectivity index (χ3n) is 4.28. The van der Waals surface area contributed by atoms with E-state index >= 15 is 0 Å². The fourth-order valence-electron chi connectivity index (χ4n) is 2.89. The Morgan fingerprint density at radius 1 is 0.963 bits per heavy atom. The van der Waals surface area contributed by atoms with Gasteiger partial charge in [0.05, 0.1) is 10.5 Å². The molecule has 1 N–H and O–H groups in total. The van der Waals surface area contributed by atoms with Crippen molar-refractivity contribution in [3.63, 3.8) is 0 Å². The summed E-state index contributed by atoms with van der Waals surface area (Å²) in [5.41, 5.74) is 2.63. The number of benzene rings is 3. The Morgan fingerprint density at radius 2 is 1.52 bits per heavy atom. The van der Waals surface area contributed by atoms with Gasteiger partial charge in [-0.1, -0.05) is 60.7 Å². The van der Waals surface area contributed by atoms with Crippen molar-refractivity contribution < 1.29 is 9.72 Å². The van der Waals surface area contributed by atoms with E-state index in [-0.39, 0.29) is 17.5 Å². The zero-order valence-corrected chi connectivity index (χ0v) is 16.5. The van der Waals surface area contributed by atoms with Crippen LogP contribution in [0.2, 0.25) is 0 Å². The largest absolute Gasteiger partial charge is 0.351 e. The normalized spacial score (nSPS) is 10.6. The standard InChI is InChI=1S/C21H17IN2O3/c22-20-13-17(24(26)27)11-12-18(20)21(25)23-14-19(15-7-3-1-4-8-15)16-9-5-2-6-10-16/h1-13,19H,14H2,(H,23,25). The number of non-ortho nitro benzene ring substituents is 1. The second-order valence-corrected chi connectivity index (χ2v) is 7.17. The first kappa shape index (κ1) is 19.0. The van der Waals surface area contributed by atoms with Crippen LogP contribution in [0, 0.1) is 13.7 Å². The Labute approximate surface area is 170 Å². The van der Waals surface area contributed by atoms with Crippen molar-refractivity contribution in [2.24, 2.45) is 0 Å². The van der Waals surface area contributed by atoms with Gasteiger partial charge in [-0.05, 0) is 39.8 Å². The number of hydrogen-bond acceptors (Lipinski definition) is 3. The number of nitrogens with one attached hydrogen (secondary N) is 1. The second kappa shape index (κ2) is 8.77. The Balaban J connectivity index is 1.80. The molecule has 0 saturated carbocycles. The predicted octanol–water partition coefficient (Wildman–Crippen LogP) is 4.76. The monoisotopic (exact) mass is 472 g/mol. The molecule has 136 valence electrons. The lowest BCUT2D eigenvalue weighted by Gasteiger charge is -2.19. The minimum Gasteiger partial charge on any atom is -0.351 e. The number of carbonyl (C=O) groups is 1. The highest BCUT2D eigenvalue weighted by atomic mass is 127. The van der Waals surface area contributed by atoms with Crippen molar-refractivity contribution >= 4 is 34.2 Å². The Kier molecular flexibility index (Phi) is 6.18. The Hall–Kier alpha value is -2.74. The number of amides is 1. The van der Waals surface area contributed by atoms with Crippen LogP contribution < -0.4 is 5.32 Å². The minimum atomic E-state index is -0.468. The molecule has 27 heavy (non-hydrogen) atoms. The number of rotatable bonds is 6. The van der Waals surface area contributed by atoms with E-state index in [1.54, 1.807) is 0 Å². The maximum atomic E-state index is 12.6. The van der Waals surface area contributed by atoms with Crippen molar-refractivity contribution in [3.8, 4) is 0 Å². The maximum absolute atomic E-state index is 12.6. The number of nitro groups is 1. The lowest BCUT2D eigenvalue weighted by molar-refractivity contribution is -0.384. The van der Waals surface area contributed by atoms with Crippen LogP contribution in [0.15, 0.2) is 78.9 Å². The average Bonchev–Trinajstić information content (AvgIpc) is 2.69. The summed E-state index contributed by atoms with van der Waals surface area (Å²) in [7, 11) is 0. The molecule has 0 unspecified atom stereocenters. The summed E-state index contributed by atoms with van der Waals surface area (Å²) in [5, 5.41) is 13.8. The fourth-order valence-corrected chi connectivity index (χ4v) is 3.63. The number of nitro benzene ring substituents is 1. The number of hydrogen-bond donors (Lipinski definition) is 1. The van der Waals surface area contributed by atoms with Gasteiger partial charge in [-0.3, -0.25) is 14.9 Å². The average molecular weight is 472 g/mol. The molecular formula is C21H17IN2O3. The van der Waals surface area contributed by atoms with Gasteiger partial charge in [-0.25, -0.2) is 0 Å². The molecule has 0 saturated heterocycles. The number of carbonyl (C=O) groups excluding carboxylic acids is 1. The van der Waals surface area contributed by atoms with Gasteiger partial charge < -0.3 is 5.32 Å². The summed E-state index contributed by atoms with van der Waals surface area (Å²) in [5.74, 6) is -0.224. The molecule has 0 aliphatic heterocycles. The highest BCUT2D eigenvalue weighted by Crippen LogP contribution is 2.24. The summed E-state index contributed by atoms with van der Waals surface area (Å²) >= 11 is 1.95. The van der Waals surface area contributed by atoms with Crippen molar-refractivity contribution in [1.82, 2.24) is 5.32 Å². The van der Waals surface area contributed by atoms with Gasteiger partial charge in [0.1, 0.15) is 0 Å². The molecule has 3 rings (SSSR count). The number of halogens is 1. The zero-order chi connectivity index (χ0) is 19.2. The van der Waals surface area contributed by atoms with Crippen LogP contribution in [0.5, 0.6) is 0 Å². The van der Waals surface area contributed by atoms with E-state index in [0.29, 0.717) is 15.7 Å². The van der Waals surface area contributed by atoms with Gasteiger partial charge in [-0.15, -0.1) is 0 Å². The van der Waals surface area contributed by atoms with Crippen molar-refractivity contribution in [3.05, 3.63) is 109 Å². The summed E-state index contributed by atoms with van der Waals surface area (Å²) in [6.45, 7) is 0.430. The van der Waals surface area contributed by atoms with Crippen molar-refractivity contribution in [2.75, 3.05) is 6.54 Å². The minimum absolute atomic E-state index is 0.0204. The van der Waals surface area contributed by atoms with Gasteiger partial charge in [0.2, 0.25) is 0 Å². The van der Waals surface area contributed by atoms with E-state index in [0.717, 1.165) is 11.1 Å². The molecular weight excluding hydrogens is 455 g/mol. The quantitative estimate of drug-likeness (QED) is 0.320. The van der Waals surface area contributed by atoms with Crippen LogP contribution in [0.4, 0.5) is 5.69 Å². The summed E-state index contributed by atoms with van der Waals surface area (Å²) in [6, 6.07) is 24.3. The maximum Gasteiger partial charge on any atom is 0.270 e. The van der Waals surface area contributed by atoms with E-state index < -0.39 is 4.92 Å². The second-order valence-electron chi connectivity index (χ2n) is 6.01. The fraction of sp³-hybridized carbons (Fsp3) is 0.0952. The molecule has 5 nitrogen and oxygen atoms in total. The van der Waals surface area contributed by atoms with E-state index in [1.165, 1.54) is 18.2 Å². The van der Waals surface area contributed by atoms with Gasteiger partial charge in [0, 0.05) is 28.2 Å². The highest BCUT2D eigenvalue weighted by molar-refractivity contribution is 14.1. The Morgan fingerprint density at radius 3 is 2.00 bits per heavy atom. The van der Waals surface area contributed by atoms with Gasteiger partial charge in [-0.2, -0.15) is 0 Å². The molecule has 0 radical (unpaired) electrons. The summed E-state index contributed by atoms with van der Waals surface area (Å²) in [4.78, 5) is 23.0. The molecule has 0 aromatic heterocycles. The van der Waals surface area contributed by atoms with Gasteiger partial charge in [0.15, 0.2) is 0 Å². The van der Waals surface area contributed by atoms with Crippen LogP contribution in [0.1, 0.15) is 27.4 Å². The molecule has 0 spiro atoms. The topological polar surface area (TPSA) is 72.2 Å². The zero-order valence-electron chi connectivity index (χ0n) is 14.3. The SMILES string of the molecule is O=C(NCC(c1ccccc1)c1ccccc1)c1ccc([N+](=O)[O-])cc1I. The smallest absolute Gasteiger partial charge is 0.270 e. The van der Waals surface area contributed by atoms with Crippen LogP contribution in [0.3, 0.4) is 0 Å². The third-order valence-corrected chi connectivity index (χ3v) is 5.17. The first-order valence-corrected chi connectivity index (χ1v) is 9.46. The van der Waals surface area contributed by atoms with Crippen LogP contribution in [-0.4, -0.2) is 17.4 Å². The molecule has 1 amide bonds. The molecule has 3 aromatic rings. The van der Waals surface area contributed by atoms with Crippen molar-refractivity contribution in [2.45, 2.75) is 5.92 Å². The van der Waals surface area contributed by atoms with Gasteiger partial charge in [0.25, 0.3) is 11.6 Å². The van der Waals surface area contributed by atoms with E-state index in [2.05, 4.69) is 5.32 Å². The molecule has 0 fully saturated rings. The number of nitrogens with zero attached hydrogens (tertiary/aromatic N) is 1. The summed E-state index contributed by atoms with van der Waals surface area (Å²) in [6.07, 6.45) is 0. The van der Waals surface area contributed by atoms with E-state index in [1.807, 2.05) is 83.3 Å². The molecule has 0 bridgehead atoms. The Bertz CT molecular complexity index is 907. The van der Waals surface area contributed by atoms with Crippen LogP contribution >= 0.6 is 22.6 Å². The lowest BCUT2D eigenvalue weighted by atomic mass is 9.91. The van der Waals surface area contributed by atoms with Gasteiger partial charge >= 0.3 is 0 Å². The molecule has 0 heterocycles. The molecule has 3 aromatic carbocycles. The molecule has 0 aliphatic carbocycles. The molecule has 6 heteroatoms. The van der Waals surface area contributed by atoms with Crippen molar-refractivity contribution in [1.29, 1.82) is 0 Å². The first-order chi connectivity index (χ1) is 13.1.